The van der Waals surface area contributed by atoms with Crippen LogP contribution >= 0.6 is 0 Å². The SMILES string of the molecule is CC(=O)c1ccc(OC(=O)c2cc(S(=O)(=O)N(C)C)ccc2F)cc1. The van der Waals surface area contributed by atoms with E-state index in [1.54, 1.807) is 0 Å². The van der Waals surface area contributed by atoms with Crippen LogP contribution in [0.5, 0.6) is 5.75 Å². The zero-order chi connectivity index (χ0) is 18.8. The van der Waals surface area contributed by atoms with Crippen LogP contribution in [0.4, 0.5) is 4.39 Å². The number of sulfonamides is 1. The highest BCUT2D eigenvalue weighted by Gasteiger charge is 2.22. The van der Waals surface area contributed by atoms with Crippen LogP contribution < -0.4 is 4.74 Å². The van der Waals surface area contributed by atoms with Gasteiger partial charge in [0.15, 0.2) is 5.78 Å². The summed E-state index contributed by atoms with van der Waals surface area (Å²) in [6.45, 7) is 1.40. The van der Waals surface area contributed by atoms with Crippen LogP contribution in [0.3, 0.4) is 0 Å². The average molecular weight is 365 g/mol. The molecule has 0 atom stereocenters. The zero-order valence-corrected chi connectivity index (χ0v) is 14.6. The molecule has 0 heterocycles. The maximum Gasteiger partial charge on any atom is 0.346 e. The molecule has 0 bridgehead atoms. The van der Waals surface area contributed by atoms with Crippen molar-refractivity contribution >= 4 is 21.8 Å². The number of esters is 1. The number of Topliss-reactive ketones (excluding diaryl/α,β-unsaturated/α-hetero) is 1. The minimum Gasteiger partial charge on any atom is -0.423 e. The van der Waals surface area contributed by atoms with Gasteiger partial charge < -0.3 is 4.74 Å². The van der Waals surface area contributed by atoms with Gasteiger partial charge in [-0.05, 0) is 49.4 Å². The van der Waals surface area contributed by atoms with Crippen LogP contribution in [-0.4, -0.2) is 38.6 Å². The maximum atomic E-state index is 13.9. The van der Waals surface area contributed by atoms with Crippen LogP contribution in [0.15, 0.2) is 47.4 Å². The average Bonchev–Trinajstić information content (AvgIpc) is 2.55. The molecule has 0 aliphatic heterocycles. The van der Waals surface area contributed by atoms with E-state index in [4.69, 9.17) is 4.74 Å². The van der Waals surface area contributed by atoms with Crippen molar-refractivity contribution in [2.24, 2.45) is 0 Å². The lowest BCUT2D eigenvalue weighted by molar-refractivity contribution is 0.0729. The van der Waals surface area contributed by atoms with E-state index in [-0.39, 0.29) is 16.4 Å². The number of carbonyl (C=O) groups excluding carboxylic acids is 2. The smallest absolute Gasteiger partial charge is 0.346 e. The molecular formula is C17H16FNO5S. The Hall–Kier alpha value is -2.58. The molecule has 0 saturated carbocycles. The number of ether oxygens (including phenoxy) is 1. The molecule has 0 spiro atoms. The molecule has 2 rings (SSSR count). The van der Waals surface area contributed by atoms with Gasteiger partial charge in [-0.25, -0.2) is 21.9 Å². The van der Waals surface area contributed by atoms with Crippen molar-refractivity contribution in [2.75, 3.05) is 14.1 Å². The summed E-state index contributed by atoms with van der Waals surface area (Å²) >= 11 is 0. The third-order valence-electron chi connectivity index (χ3n) is 3.41. The summed E-state index contributed by atoms with van der Waals surface area (Å²) in [6.07, 6.45) is 0. The van der Waals surface area contributed by atoms with E-state index in [9.17, 15) is 22.4 Å². The molecule has 0 unspecified atom stereocenters. The van der Waals surface area contributed by atoms with Gasteiger partial charge in [0, 0.05) is 19.7 Å². The van der Waals surface area contributed by atoms with Crippen molar-refractivity contribution in [3.8, 4) is 5.75 Å². The lowest BCUT2D eigenvalue weighted by atomic mass is 10.1. The molecule has 0 aliphatic carbocycles. The Morgan fingerprint density at radius 2 is 1.64 bits per heavy atom. The number of ketones is 1. The third-order valence-corrected chi connectivity index (χ3v) is 5.22. The van der Waals surface area contributed by atoms with E-state index in [0.717, 1.165) is 22.5 Å². The molecule has 0 amide bonds. The second-order valence-electron chi connectivity index (χ2n) is 5.40. The van der Waals surface area contributed by atoms with E-state index in [2.05, 4.69) is 0 Å². The first-order valence-electron chi connectivity index (χ1n) is 7.18. The molecule has 132 valence electrons. The van der Waals surface area contributed by atoms with Gasteiger partial charge in [-0.1, -0.05) is 0 Å². The molecular weight excluding hydrogens is 349 g/mol. The van der Waals surface area contributed by atoms with Gasteiger partial charge in [0.05, 0.1) is 10.5 Å². The minimum atomic E-state index is -3.82. The van der Waals surface area contributed by atoms with Gasteiger partial charge in [0.1, 0.15) is 11.6 Å². The minimum absolute atomic E-state index is 0.107. The fourth-order valence-electron chi connectivity index (χ4n) is 1.95. The second-order valence-corrected chi connectivity index (χ2v) is 7.55. The summed E-state index contributed by atoms with van der Waals surface area (Å²) in [5, 5.41) is 0. The Bertz CT molecular complexity index is 921. The van der Waals surface area contributed by atoms with Crippen molar-refractivity contribution in [3.63, 3.8) is 0 Å². The summed E-state index contributed by atoms with van der Waals surface area (Å²) in [4.78, 5) is 23.2. The number of hydrogen-bond donors (Lipinski definition) is 0. The van der Waals surface area contributed by atoms with Crippen LogP contribution in [-0.2, 0) is 10.0 Å². The molecule has 0 N–H and O–H groups in total. The molecule has 8 heteroatoms. The molecule has 0 fully saturated rings. The van der Waals surface area contributed by atoms with Crippen LogP contribution in [0.1, 0.15) is 27.6 Å². The van der Waals surface area contributed by atoms with Crippen LogP contribution in [0, 0.1) is 5.82 Å². The van der Waals surface area contributed by atoms with E-state index in [0.29, 0.717) is 5.56 Å². The largest absolute Gasteiger partial charge is 0.423 e. The van der Waals surface area contributed by atoms with Crippen LogP contribution in [0.2, 0.25) is 0 Å². The molecule has 6 nitrogen and oxygen atoms in total. The number of hydrogen-bond acceptors (Lipinski definition) is 5. The van der Waals surface area contributed by atoms with Crippen molar-refractivity contribution in [1.82, 2.24) is 4.31 Å². The van der Waals surface area contributed by atoms with E-state index < -0.39 is 27.4 Å². The Labute approximate surface area is 144 Å². The summed E-state index contributed by atoms with van der Waals surface area (Å²) in [5.41, 5.74) is -0.0661. The van der Waals surface area contributed by atoms with Crippen LogP contribution in [0.25, 0.3) is 0 Å². The van der Waals surface area contributed by atoms with Gasteiger partial charge in [-0.3, -0.25) is 4.79 Å². The Balaban J connectivity index is 2.31. The van der Waals surface area contributed by atoms with Crippen molar-refractivity contribution < 1.29 is 27.1 Å². The van der Waals surface area contributed by atoms with Gasteiger partial charge in [-0.15, -0.1) is 0 Å². The highest BCUT2D eigenvalue weighted by atomic mass is 32.2. The second kappa shape index (κ2) is 7.12. The van der Waals surface area contributed by atoms with E-state index in [1.807, 2.05) is 0 Å². The third kappa shape index (κ3) is 4.09. The number of carbonyl (C=O) groups is 2. The lowest BCUT2D eigenvalue weighted by Crippen LogP contribution is -2.23. The Morgan fingerprint density at radius 3 is 2.16 bits per heavy atom. The highest BCUT2D eigenvalue weighted by Crippen LogP contribution is 2.20. The standard InChI is InChI=1S/C17H16FNO5S/c1-11(20)12-4-6-13(7-5-12)24-17(21)15-10-14(8-9-16(15)18)25(22,23)19(2)3/h4-10H,1-3H3. The first-order valence-corrected chi connectivity index (χ1v) is 8.62. The van der Waals surface area contributed by atoms with Gasteiger partial charge in [0.25, 0.3) is 0 Å². The first-order chi connectivity index (χ1) is 11.6. The van der Waals surface area contributed by atoms with Crippen molar-refractivity contribution in [3.05, 3.63) is 59.4 Å². The summed E-state index contributed by atoms with van der Waals surface area (Å²) in [5.74, 6) is -1.98. The number of halogens is 1. The molecule has 0 saturated heterocycles. The molecule has 25 heavy (non-hydrogen) atoms. The zero-order valence-electron chi connectivity index (χ0n) is 13.8. The fourth-order valence-corrected chi connectivity index (χ4v) is 2.88. The van der Waals surface area contributed by atoms with E-state index >= 15 is 0 Å². The van der Waals surface area contributed by atoms with E-state index in [1.165, 1.54) is 45.3 Å². The summed E-state index contributed by atoms with van der Waals surface area (Å²) in [7, 11) is -1.16. The topological polar surface area (TPSA) is 80.8 Å². The highest BCUT2D eigenvalue weighted by molar-refractivity contribution is 7.89. The Morgan fingerprint density at radius 1 is 1.04 bits per heavy atom. The van der Waals surface area contributed by atoms with Gasteiger partial charge >= 0.3 is 5.97 Å². The number of benzene rings is 2. The normalized spacial score (nSPS) is 11.4. The quantitative estimate of drug-likeness (QED) is 0.462. The summed E-state index contributed by atoms with van der Waals surface area (Å²) < 4.78 is 44.1. The lowest BCUT2D eigenvalue weighted by Gasteiger charge is -2.12. The maximum absolute atomic E-state index is 13.9. The molecule has 2 aromatic carbocycles. The first kappa shape index (κ1) is 18.8. The predicted molar refractivity (Wildman–Crippen MR) is 88.7 cm³/mol. The molecule has 0 radical (unpaired) electrons. The monoisotopic (exact) mass is 365 g/mol. The number of nitrogens with zero attached hydrogens (tertiary/aromatic N) is 1. The van der Waals surface area contributed by atoms with Gasteiger partial charge in [0.2, 0.25) is 10.0 Å². The number of rotatable bonds is 5. The van der Waals surface area contributed by atoms with Crippen molar-refractivity contribution in [1.29, 1.82) is 0 Å². The summed E-state index contributed by atoms with van der Waals surface area (Å²) in [6, 6.07) is 8.62. The molecule has 0 aliphatic rings. The molecule has 0 aromatic heterocycles. The fraction of sp³-hybridized carbons (Fsp3) is 0.176. The van der Waals surface area contributed by atoms with Crippen molar-refractivity contribution in [2.45, 2.75) is 11.8 Å². The van der Waals surface area contributed by atoms with Gasteiger partial charge in [-0.2, -0.15) is 0 Å². The Kier molecular flexibility index (Phi) is 5.34. The predicted octanol–water partition coefficient (Wildman–Crippen LogP) is 2.50. The molecule has 2 aromatic rings.